The maximum Gasteiger partial charge on any atom is 0.323 e. The molecule has 144 valence electrons. The third kappa shape index (κ3) is 4.66. The molecule has 1 fully saturated rings. The van der Waals surface area contributed by atoms with Crippen LogP contribution < -0.4 is 5.32 Å². The number of likely N-dealkylation sites (tertiary alicyclic amines) is 1. The molecule has 0 bridgehead atoms. The van der Waals surface area contributed by atoms with Crippen LogP contribution in [0.4, 0.5) is 9.93 Å². The molecule has 1 aromatic heterocycles. The zero-order chi connectivity index (χ0) is 19.2. The van der Waals surface area contributed by atoms with Gasteiger partial charge in [-0.2, -0.15) is 0 Å². The SMILES string of the molecule is CCN(CC)C(=O)C1CCN(C(=O)Nc2ncc(-c3ccccc3)s2)CC1. The van der Waals surface area contributed by atoms with Crippen LogP contribution in [0.25, 0.3) is 10.4 Å². The molecule has 2 aromatic rings. The van der Waals surface area contributed by atoms with Gasteiger partial charge in [-0.1, -0.05) is 41.7 Å². The predicted molar refractivity (Wildman–Crippen MR) is 109 cm³/mol. The maximum absolute atomic E-state index is 12.5. The van der Waals surface area contributed by atoms with Crippen LogP contribution in [0.5, 0.6) is 0 Å². The summed E-state index contributed by atoms with van der Waals surface area (Å²) in [5, 5.41) is 3.49. The molecule has 7 heteroatoms. The lowest BCUT2D eigenvalue weighted by Gasteiger charge is -2.33. The number of carbonyl (C=O) groups is 2. The lowest BCUT2D eigenvalue weighted by atomic mass is 9.95. The normalized spacial score (nSPS) is 14.8. The summed E-state index contributed by atoms with van der Waals surface area (Å²) in [5.74, 6) is 0.242. The Balaban J connectivity index is 1.53. The summed E-state index contributed by atoms with van der Waals surface area (Å²) in [6.45, 7) is 6.68. The number of aromatic nitrogens is 1. The van der Waals surface area contributed by atoms with Gasteiger partial charge in [-0.05, 0) is 32.3 Å². The Hall–Kier alpha value is -2.41. The van der Waals surface area contributed by atoms with Crippen molar-refractivity contribution in [1.82, 2.24) is 14.8 Å². The number of nitrogens with one attached hydrogen (secondary N) is 1. The van der Waals surface area contributed by atoms with Gasteiger partial charge < -0.3 is 9.80 Å². The van der Waals surface area contributed by atoms with E-state index in [0.717, 1.165) is 36.4 Å². The number of carbonyl (C=O) groups excluding carboxylic acids is 2. The number of amides is 3. The van der Waals surface area contributed by atoms with Crippen molar-refractivity contribution in [3.63, 3.8) is 0 Å². The first-order chi connectivity index (χ1) is 13.1. The van der Waals surface area contributed by atoms with Crippen molar-refractivity contribution >= 4 is 28.4 Å². The molecule has 6 nitrogen and oxygen atoms in total. The van der Waals surface area contributed by atoms with Gasteiger partial charge >= 0.3 is 6.03 Å². The Morgan fingerprint density at radius 3 is 2.48 bits per heavy atom. The van der Waals surface area contributed by atoms with Gasteiger partial charge in [-0.25, -0.2) is 9.78 Å². The van der Waals surface area contributed by atoms with Gasteiger partial charge in [0.1, 0.15) is 0 Å². The van der Waals surface area contributed by atoms with Crippen LogP contribution in [-0.2, 0) is 4.79 Å². The highest BCUT2D eigenvalue weighted by Crippen LogP contribution is 2.29. The summed E-state index contributed by atoms with van der Waals surface area (Å²) in [6, 6.07) is 9.85. The van der Waals surface area contributed by atoms with Crippen LogP contribution in [0.3, 0.4) is 0 Å². The standard InChI is InChI=1S/C20H26N4O2S/c1-3-23(4-2)18(25)16-10-12-24(13-11-16)20(26)22-19-21-14-17(27-19)15-8-6-5-7-9-15/h5-9,14,16H,3-4,10-13H2,1-2H3,(H,21,22,26). The minimum absolute atomic E-state index is 0.0264. The van der Waals surface area contributed by atoms with Crippen LogP contribution >= 0.6 is 11.3 Å². The number of hydrogen-bond acceptors (Lipinski definition) is 4. The average Bonchev–Trinajstić information content (AvgIpc) is 3.18. The molecular weight excluding hydrogens is 360 g/mol. The molecule has 0 saturated carbocycles. The number of rotatable bonds is 5. The van der Waals surface area contributed by atoms with E-state index in [1.54, 1.807) is 11.1 Å². The van der Waals surface area contributed by atoms with Gasteiger partial charge in [0, 0.05) is 38.3 Å². The monoisotopic (exact) mass is 386 g/mol. The molecule has 27 heavy (non-hydrogen) atoms. The fourth-order valence-electron chi connectivity index (χ4n) is 3.36. The number of anilines is 1. The highest BCUT2D eigenvalue weighted by atomic mass is 32.1. The van der Waals surface area contributed by atoms with Crippen molar-refractivity contribution in [3.05, 3.63) is 36.5 Å². The van der Waals surface area contributed by atoms with Gasteiger partial charge in [0.15, 0.2) is 5.13 Å². The molecule has 3 rings (SSSR count). The van der Waals surface area contributed by atoms with Crippen molar-refractivity contribution < 1.29 is 9.59 Å². The second-order valence-electron chi connectivity index (χ2n) is 6.60. The van der Waals surface area contributed by atoms with E-state index in [0.29, 0.717) is 18.2 Å². The second-order valence-corrected chi connectivity index (χ2v) is 7.63. The van der Waals surface area contributed by atoms with E-state index in [1.165, 1.54) is 11.3 Å². The van der Waals surface area contributed by atoms with Crippen LogP contribution in [-0.4, -0.2) is 52.9 Å². The van der Waals surface area contributed by atoms with E-state index in [1.807, 2.05) is 49.1 Å². The predicted octanol–water partition coefficient (Wildman–Crippen LogP) is 3.92. The molecule has 0 radical (unpaired) electrons. The van der Waals surface area contributed by atoms with Crippen molar-refractivity contribution in [2.24, 2.45) is 5.92 Å². The lowest BCUT2D eigenvalue weighted by Crippen LogP contribution is -2.45. The Bertz CT molecular complexity index is 765. The van der Waals surface area contributed by atoms with E-state index >= 15 is 0 Å². The van der Waals surface area contributed by atoms with E-state index < -0.39 is 0 Å². The molecule has 1 aromatic carbocycles. The molecular formula is C20H26N4O2S. The second kappa shape index (κ2) is 8.99. The number of urea groups is 1. The molecule has 2 heterocycles. The van der Waals surface area contributed by atoms with Gasteiger partial charge in [-0.3, -0.25) is 10.1 Å². The molecule has 0 unspecified atom stereocenters. The average molecular weight is 387 g/mol. The lowest BCUT2D eigenvalue weighted by molar-refractivity contribution is -0.136. The number of piperidine rings is 1. The van der Waals surface area contributed by atoms with Crippen LogP contribution in [0.2, 0.25) is 0 Å². The number of nitrogens with zero attached hydrogens (tertiary/aromatic N) is 3. The van der Waals surface area contributed by atoms with Crippen LogP contribution in [0, 0.1) is 5.92 Å². The molecule has 0 aliphatic carbocycles. The summed E-state index contributed by atoms with van der Waals surface area (Å²) < 4.78 is 0. The number of thiazole rings is 1. The zero-order valence-corrected chi connectivity index (χ0v) is 16.7. The van der Waals surface area contributed by atoms with Crippen LogP contribution in [0.15, 0.2) is 36.5 Å². The first kappa shape index (κ1) is 19.4. The van der Waals surface area contributed by atoms with Gasteiger partial charge in [0.2, 0.25) is 5.91 Å². The Kier molecular flexibility index (Phi) is 6.45. The molecule has 1 aliphatic rings. The molecule has 1 N–H and O–H groups in total. The molecule has 1 aliphatic heterocycles. The van der Waals surface area contributed by atoms with E-state index in [-0.39, 0.29) is 17.9 Å². The van der Waals surface area contributed by atoms with Gasteiger partial charge in [0.05, 0.1) is 4.88 Å². The smallest absolute Gasteiger partial charge is 0.323 e. The van der Waals surface area contributed by atoms with E-state index in [2.05, 4.69) is 10.3 Å². The minimum atomic E-state index is -0.141. The van der Waals surface area contributed by atoms with E-state index in [9.17, 15) is 9.59 Å². The minimum Gasteiger partial charge on any atom is -0.343 e. The Morgan fingerprint density at radius 1 is 1.19 bits per heavy atom. The molecule has 3 amide bonds. The van der Waals surface area contributed by atoms with Crippen molar-refractivity contribution in [2.75, 3.05) is 31.5 Å². The highest BCUT2D eigenvalue weighted by Gasteiger charge is 2.29. The highest BCUT2D eigenvalue weighted by molar-refractivity contribution is 7.19. The quantitative estimate of drug-likeness (QED) is 0.847. The van der Waals surface area contributed by atoms with Gasteiger partial charge in [-0.15, -0.1) is 0 Å². The number of hydrogen-bond donors (Lipinski definition) is 1. The summed E-state index contributed by atoms with van der Waals surface area (Å²) in [6.07, 6.45) is 3.22. The molecule has 0 spiro atoms. The van der Waals surface area contributed by atoms with Crippen molar-refractivity contribution in [1.29, 1.82) is 0 Å². The molecule has 1 saturated heterocycles. The third-order valence-corrected chi connectivity index (χ3v) is 5.95. The fraction of sp³-hybridized carbons (Fsp3) is 0.450. The molecule has 0 atom stereocenters. The zero-order valence-electron chi connectivity index (χ0n) is 15.9. The van der Waals surface area contributed by atoms with Crippen LogP contribution in [0.1, 0.15) is 26.7 Å². The van der Waals surface area contributed by atoms with E-state index in [4.69, 9.17) is 0 Å². The van der Waals surface area contributed by atoms with Gasteiger partial charge in [0.25, 0.3) is 0 Å². The summed E-state index contributed by atoms with van der Waals surface area (Å²) in [4.78, 5) is 34.0. The Morgan fingerprint density at radius 2 is 1.85 bits per heavy atom. The first-order valence-electron chi connectivity index (χ1n) is 9.48. The summed E-state index contributed by atoms with van der Waals surface area (Å²) >= 11 is 1.46. The number of benzene rings is 1. The fourth-order valence-corrected chi connectivity index (χ4v) is 4.17. The topological polar surface area (TPSA) is 65.5 Å². The largest absolute Gasteiger partial charge is 0.343 e. The first-order valence-corrected chi connectivity index (χ1v) is 10.3. The summed E-state index contributed by atoms with van der Waals surface area (Å²) in [5.41, 5.74) is 1.09. The maximum atomic E-state index is 12.5. The van der Waals surface area contributed by atoms with Crippen molar-refractivity contribution in [3.8, 4) is 10.4 Å². The van der Waals surface area contributed by atoms with Crippen molar-refractivity contribution in [2.45, 2.75) is 26.7 Å². The Labute approximate surface area is 164 Å². The summed E-state index contributed by atoms with van der Waals surface area (Å²) in [7, 11) is 0. The third-order valence-electron chi connectivity index (χ3n) is 4.98.